The van der Waals surface area contributed by atoms with Crippen LogP contribution < -0.4 is 4.74 Å². The maximum Gasteiger partial charge on any atom is 0.420 e. The number of hydrogen-bond acceptors (Lipinski definition) is 1. The first kappa shape index (κ1) is 9.83. The molecule has 72 valence electrons. The van der Waals surface area contributed by atoms with Crippen LogP contribution in [0, 0.1) is 5.82 Å². The molecule has 13 heavy (non-hydrogen) atoms. The number of benzene rings is 1. The van der Waals surface area contributed by atoms with E-state index in [9.17, 15) is 17.6 Å². The lowest BCUT2D eigenvalue weighted by Crippen LogP contribution is -2.08. The van der Waals surface area contributed by atoms with E-state index in [1.807, 2.05) is 0 Å². The first-order valence-corrected chi connectivity index (χ1v) is 3.36. The van der Waals surface area contributed by atoms with Gasteiger partial charge in [-0.25, -0.2) is 4.39 Å². The summed E-state index contributed by atoms with van der Waals surface area (Å²) < 4.78 is 53.6. The van der Waals surface area contributed by atoms with E-state index in [0.29, 0.717) is 0 Å². The highest BCUT2D eigenvalue weighted by atomic mass is 19.4. The molecule has 1 aromatic carbocycles. The SMILES string of the molecule is COc1c(F)cccc1C(F)(F)F. The molecule has 0 amide bonds. The normalized spacial score (nSPS) is 11.5. The fraction of sp³-hybridized carbons (Fsp3) is 0.250. The number of rotatable bonds is 1. The van der Waals surface area contributed by atoms with Crippen LogP contribution in [0.1, 0.15) is 5.56 Å². The molecule has 1 aromatic rings. The van der Waals surface area contributed by atoms with Gasteiger partial charge in [0, 0.05) is 0 Å². The van der Waals surface area contributed by atoms with Gasteiger partial charge in [0.2, 0.25) is 0 Å². The number of methoxy groups -OCH3 is 1. The molecule has 1 nitrogen and oxygen atoms in total. The Bertz CT molecular complexity index is 306. The summed E-state index contributed by atoms with van der Waals surface area (Å²) in [5.74, 6) is -1.78. The monoisotopic (exact) mass is 194 g/mol. The third-order valence-electron chi connectivity index (χ3n) is 1.48. The summed E-state index contributed by atoms with van der Waals surface area (Å²) in [6.45, 7) is 0. The Balaban J connectivity index is 3.29. The molecule has 0 aromatic heterocycles. The van der Waals surface area contributed by atoms with Gasteiger partial charge in [0.05, 0.1) is 7.11 Å². The molecule has 0 N–H and O–H groups in total. The molecule has 0 heterocycles. The molecule has 0 saturated heterocycles. The average Bonchev–Trinajstić information content (AvgIpc) is 2.02. The van der Waals surface area contributed by atoms with Crippen molar-refractivity contribution in [3.8, 4) is 5.75 Å². The summed E-state index contributed by atoms with van der Waals surface area (Å²) in [6, 6.07) is 2.66. The lowest BCUT2D eigenvalue weighted by Gasteiger charge is -2.11. The van der Waals surface area contributed by atoms with Crippen molar-refractivity contribution in [1.82, 2.24) is 0 Å². The Kier molecular flexibility index (Phi) is 2.45. The Morgan fingerprint density at radius 1 is 1.23 bits per heavy atom. The molecule has 1 rings (SSSR count). The van der Waals surface area contributed by atoms with Gasteiger partial charge in [0.25, 0.3) is 0 Å². The average molecular weight is 194 g/mol. The highest BCUT2D eigenvalue weighted by Crippen LogP contribution is 2.37. The van der Waals surface area contributed by atoms with Crippen molar-refractivity contribution in [1.29, 1.82) is 0 Å². The van der Waals surface area contributed by atoms with Crippen LogP contribution in [0.25, 0.3) is 0 Å². The zero-order chi connectivity index (χ0) is 10.1. The zero-order valence-electron chi connectivity index (χ0n) is 6.65. The predicted molar refractivity (Wildman–Crippen MR) is 38.0 cm³/mol. The van der Waals surface area contributed by atoms with Gasteiger partial charge >= 0.3 is 6.18 Å². The molecule has 0 saturated carbocycles. The molecule has 0 atom stereocenters. The minimum atomic E-state index is -4.59. The summed E-state index contributed by atoms with van der Waals surface area (Å²) in [4.78, 5) is 0. The minimum absolute atomic E-state index is 0.766. The van der Waals surface area contributed by atoms with Crippen LogP contribution in [0.3, 0.4) is 0 Å². The molecule has 0 aliphatic heterocycles. The van der Waals surface area contributed by atoms with E-state index < -0.39 is 23.3 Å². The molecule has 0 spiro atoms. The maximum absolute atomic E-state index is 12.8. The van der Waals surface area contributed by atoms with Crippen molar-refractivity contribution in [2.45, 2.75) is 6.18 Å². The van der Waals surface area contributed by atoms with Gasteiger partial charge < -0.3 is 4.74 Å². The number of hydrogen-bond donors (Lipinski definition) is 0. The number of alkyl halides is 3. The Labute approximate surface area is 71.9 Å². The van der Waals surface area contributed by atoms with Crippen molar-refractivity contribution in [2.24, 2.45) is 0 Å². The summed E-state index contributed by atoms with van der Waals surface area (Å²) in [6.07, 6.45) is -4.59. The van der Waals surface area contributed by atoms with Crippen LogP contribution in [0.5, 0.6) is 5.75 Å². The summed E-state index contributed by atoms with van der Waals surface area (Å²) >= 11 is 0. The van der Waals surface area contributed by atoms with Crippen LogP contribution in [0.4, 0.5) is 17.6 Å². The van der Waals surface area contributed by atoms with Crippen molar-refractivity contribution >= 4 is 0 Å². The van der Waals surface area contributed by atoms with Crippen molar-refractivity contribution in [2.75, 3.05) is 7.11 Å². The standard InChI is InChI=1S/C8H6F4O/c1-13-7-5(8(10,11)12)3-2-4-6(7)9/h2-4H,1H3. The van der Waals surface area contributed by atoms with Gasteiger partial charge in [-0.2, -0.15) is 13.2 Å². The third kappa shape index (κ3) is 1.91. The molecule has 5 heteroatoms. The van der Waals surface area contributed by atoms with E-state index in [1.54, 1.807) is 0 Å². The molecule has 0 radical (unpaired) electrons. The molecule has 0 fully saturated rings. The van der Waals surface area contributed by atoms with E-state index in [1.165, 1.54) is 0 Å². The number of halogens is 4. The van der Waals surface area contributed by atoms with Crippen molar-refractivity contribution < 1.29 is 22.3 Å². The topological polar surface area (TPSA) is 9.23 Å². The smallest absolute Gasteiger partial charge is 0.420 e. The maximum atomic E-state index is 12.8. The van der Waals surface area contributed by atoms with E-state index in [0.717, 1.165) is 25.3 Å². The minimum Gasteiger partial charge on any atom is -0.493 e. The number of ether oxygens (including phenoxy) is 1. The molecule has 0 aliphatic rings. The van der Waals surface area contributed by atoms with Crippen LogP contribution in [-0.4, -0.2) is 7.11 Å². The largest absolute Gasteiger partial charge is 0.493 e. The summed E-state index contributed by atoms with van der Waals surface area (Å²) in [7, 11) is 0.994. The first-order chi connectivity index (χ1) is 5.96. The quantitative estimate of drug-likeness (QED) is 0.624. The Morgan fingerprint density at radius 3 is 2.23 bits per heavy atom. The molecule has 0 bridgehead atoms. The van der Waals surface area contributed by atoms with Crippen molar-refractivity contribution in [3.05, 3.63) is 29.6 Å². The van der Waals surface area contributed by atoms with Crippen LogP contribution in [-0.2, 0) is 6.18 Å². The van der Waals surface area contributed by atoms with Crippen LogP contribution in [0.2, 0.25) is 0 Å². The summed E-state index contributed by atoms with van der Waals surface area (Å²) in [5.41, 5.74) is -1.10. The Morgan fingerprint density at radius 2 is 1.85 bits per heavy atom. The van der Waals surface area contributed by atoms with Gasteiger partial charge in [-0.05, 0) is 12.1 Å². The third-order valence-corrected chi connectivity index (χ3v) is 1.48. The van der Waals surface area contributed by atoms with Gasteiger partial charge in [-0.3, -0.25) is 0 Å². The Hall–Kier alpha value is -1.26. The fourth-order valence-corrected chi connectivity index (χ4v) is 0.940. The lowest BCUT2D eigenvalue weighted by molar-refractivity contribution is -0.139. The first-order valence-electron chi connectivity index (χ1n) is 3.36. The van der Waals surface area contributed by atoms with E-state index in [4.69, 9.17) is 0 Å². The molecule has 0 unspecified atom stereocenters. The van der Waals surface area contributed by atoms with Crippen LogP contribution in [0.15, 0.2) is 18.2 Å². The van der Waals surface area contributed by atoms with Gasteiger partial charge in [-0.1, -0.05) is 6.07 Å². The fourth-order valence-electron chi connectivity index (χ4n) is 0.940. The van der Waals surface area contributed by atoms with Crippen molar-refractivity contribution in [3.63, 3.8) is 0 Å². The predicted octanol–water partition coefficient (Wildman–Crippen LogP) is 2.85. The second-order valence-electron chi connectivity index (χ2n) is 2.32. The van der Waals surface area contributed by atoms with E-state index in [2.05, 4.69) is 4.74 Å². The second kappa shape index (κ2) is 3.24. The van der Waals surface area contributed by atoms with Gasteiger partial charge in [0.15, 0.2) is 11.6 Å². The number of para-hydroxylation sites is 1. The highest BCUT2D eigenvalue weighted by Gasteiger charge is 2.35. The van der Waals surface area contributed by atoms with Gasteiger partial charge in [-0.15, -0.1) is 0 Å². The molecular weight excluding hydrogens is 188 g/mol. The molecular formula is C8H6F4O. The van der Waals surface area contributed by atoms with E-state index >= 15 is 0 Å². The molecule has 0 aliphatic carbocycles. The summed E-state index contributed by atoms with van der Waals surface area (Å²) in [5, 5.41) is 0. The second-order valence-corrected chi connectivity index (χ2v) is 2.32. The highest BCUT2D eigenvalue weighted by molar-refractivity contribution is 5.36. The van der Waals surface area contributed by atoms with Gasteiger partial charge in [0.1, 0.15) is 5.56 Å². The van der Waals surface area contributed by atoms with Crippen LogP contribution >= 0.6 is 0 Å². The van der Waals surface area contributed by atoms with E-state index in [-0.39, 0.29) is 0 Å². The lowest BCUT2D eigenvalue weighted by atomic mass is 10.2. The zero-order valence-corrected chi connectivity index (χ0v) is 6.65.